The minimum atomic E-state index is -4.35. The zero-order chi connectivity index (χ0) is 18.6. The number of amides is 1. The second-order valence-corrected chi connectivity index (χ2v) is 5.59. The maximum absolute atomic E-state index is 12.5. The Kier molecular flexibility index (Phi) is 5.06. The number of halogens is 3. The Hall–Kier alpha value is -3.09. The van der Waals surface area contributed by atoms with E-state index in [4.69, 9.17) is 4.42 Å². The number of hydrogen-bond acceptors (Lipinski definition) is 3. The van der Waals surface area contributed by atoms with Crippen molar-refractivity contribution < 1.29 is 22.4 Å². The molecule has 0 aliphatic carbocycles. The molecule has 0 saturated carbocycles. The van der Waals surface area contributed by atoms with Crippen LogP contribution in [0.2, 0.25) is 0 Å². The van der Waals surface area contributed by atoms with E-state index in [1.165, 1.54) is 24.3 Å². The van der Waals surface area contributed by atoms with Gasteiger partial charge in [-0.15, -0.1) is 0 Å². The molecule has 4 nitrogen and oxygen atoms in total. The average Bonchev–Trinajstić information content (AvgIpc) is 3.03. The molecule has 0 spiro atoms. The number of benzene rings is 2. The highest BCUT2D eigenvalue weighted by atomic mass is 19.4. The van der Waals surface area contributed by atoms with Gasteiger partial charge >= 0.3 is 6.18 Å². The Bertz CT molecular complexity index is 895. The first-order valence-corrected chi connectivity index (χ1v) is 7.89. The molecule has 3 rings (SSSR count). The van der Waals surface area contributed by atoms with Gasteiger partial charge in [-0.2, -0.15) is 13.2 Å². The van der Waals surface area contributed by atoms with Crippen molar-refractivity contribution in [3.63, 3.8) is 0 Å². The number of hydrogen-bond donors (Lipinski definition) is 1. The van der Waals surface area contributed by atoms with Crippen molar-refractivity contribution in [2.75, 3.05) is 6.54 Å². The third kappa shape index (κ3) is 4.50. The second-order valence-electron chi connectivity index (χ2n) is 5.59. The van der Waals surface area contributed by atoms with Gasteiger partial charge in [0.15, 0.2) is 5.58 Å². The third-order valence-electron chi connectivity index (χ3n) is 3.68. The summed E-state index contributed by atoms with van der Waals surface area (Å²) in [6.45, 7) is 0.308. The molecule has 0 radical (unpaired) electrons. The van der Waals surface area contributed by atoms with Gasteiger partial charge in [-0.25, -0.2) is 4.98 Å². The summed E-state index contributed by atoms with van der Waals surface area (Å²) < 4.78 is 42.9. The summed E-state index contributed by atoms with van der Waals surface area (Å²) in [4.78, 5) is 16.0. The Morgan fingerprint density at radius 3 is 2.54 bits per heavy atom. The lowest BCUT2D eigenvalue weighted by Gasteiger charge is -2.07. The molecular weight excluding hydrogens is 345 g/mol. The lowest BCUT2D eigenvalue weighted by atomic mass is 10.1. The van der Waals surface area contributed by atoms with Gasteiger partial charge in [0.1, 0.15) is 5.52 Å². The lowest BCUT2D eigenvalue weighted by Crippen LogP contribution is -2.23. The number of fused-ring (bicyclic) bond motifs is 1. The van der Waals surface area contributed by atoms with E-state index in [1.54, 1.807) is 12.1 Å². The Labute approximate surface area is 147 Å². The smallest absolute Gasteiger partial charge is 0.416 e. The Balaban J connectivity index is 1.49. The standard InChI is InChI=1S/C19H15F3N2O2/c20-19(21,22)14-7-5-13(6-8-14)11-12-23-17(25)9-10-18-24-15-3-1-2-4-16(15)26-18/h1-10H,11-12H2,(H,23,25)/b10-9+. The van der Waals surface area contributed by atoms with Crippen LogP contribution in [0, 0.1) is 0 Å². The number of rotatable bonds is 5. The van der Waals surface area contributed by atoms with Crippen LogP contribution in [0.5, 0.6) is 0 Å². The summed E-state index contributed by atoms with van der Waals surface area (Å²) in [5.74, 6) is -0.0109. The topological polar surface area (TPSA) is 55.1 Å². The van der Waals surface area contributed by atoms with Crippen LogP contribution >= 0.6 is 0 Å². The molecule has 1 aromatic heterocycles. The first kappa shape index (κ1) is 17.7. The fourth-order valence-electron chi connectivity index (χ4n) is 2.36. The molecule has 7 heteroatoms. The molecule has 1 N–H and O–H groups in total. The number of para-hydroxylation sites is 2. The number of carbonyl (C=O) groups is 1. The number of oxazole rings is 1. The lowest BCUT2D eigenvalue weighted by molar-refractivity contribution is -0.137. The molecule has 0 aliphatic heterocycles. The van der Waals surface area contributed by atoms with Crippen LogP contribution in [0.25, 0.3) is 17.2 Å². The van der Waals surface area contributed by atoms with E-state index in [0.717, 1.165) is 12.1 Å². The number of aromatic nitrogens is 1. The molecule has 134 valence electrons. The molecule has 1 heterocycles. The molecule has 3 aromatic rings. The van der Waals surface area contributed by atoms with Crippen LogP contribution in [0.3, 0.4) is 0 Å². The molecule has 0 fully saturated rings. The fraction of sp³-hybridized carbons (Fsp3) is 0.158. The summed E-state index contributed by atoms with van der Waals surface area (Å²) >= 11 is 0. The van der Waals surface area contributed by atoms with E-state index in [0.29, 0.717) is 35.5 Å². The summed E-state index contributed by atoms with van der Waals surface area (Å²) in [5, 5.41) is 2.66. The van der Waals surface area contributed by atoms with Gasteiger partial charge < -0.3 is 9.73 Å². The quantitative estimate of drug-likeness (QED) is 0.693. The number of carbonyl (C=O) groups excluding carboxylic acids is 1. The monoisotopic (exact) mass is 360 g/mol. The number of alkyl halides is 3. The van der Waals surface area contributed by atoms with Gasteiger partial charge in [0.25, 0.3) is 0 Å². The molecule has 26 heavy (non-hydrogen) atoms. The molecular formula is C19H15F3N2O2. The first-order valence-electron chi connectivity index (χ1n) is 7.89. The average molecular weight is 360 g/mol. The van der Waals surface area contributed by atoms with Gasteiger partial charge in [-0.1, -0.05) is 24.3 Å². The third-order valence-corrected chi connectivity index (χ3v) is 3.68. The maximum atomic E-state index is 12.5. The number of nitrogens with one attached hydrogen (secondary N) is 1. The highest BCUT2D eigenvalue weighted by molar-refractivity contribution is 5.91. The van der Waals surface area contributed by atoms with Crippen LogP contribution in [0.1, 0.15) is 17.0 Å². The summed E-state index contributed by atoms with van der Waals surface area (Å²) in [7, 11) is 0. The molecule has 0 unspecified atom stereocenters. The summed E-state index contributed by atoms with van der Waals surface area (Å²) in [5.41, 5.74) is 1.36. The molecule has 0 aliphatic rings. The van der Waals surface area contributed by atoms with Crippen LogP contribution in [0.4, 0.5) is 13.2 Å². The first-order chi connectivity index (χ1) is 12.4. The zero-order valence-corrected chi connectivity index (χ0v) is 13.6. The highest BCUT2D eigenvalue weighted by Gasteiger charge is 2.29. The summed E-state index contributed by atoms with van der Waals surface area (Å²) in [6.07, 6.45) is -1.15. The van der Waals surface area contributed by atoms with Crippen LogP contribution in [0.15, 0.2) is 59.0 Å². The van der Waals surface area contributed by atoms with E-state index in [9.17, 15) is 18.0 Å². The van der Waals surface area contributed by atoms with Crippen molar-refractivity contribution >= 4 is 23.1 Å². The summed E-state index contributed by atoms with van der Waals surface area (Å²) in [6, 6.07) is 12.1. The van der Waals surface area contributed by atoms with Gasteiger partial charge in [-0.05, 0) is 36.2 Å². The normalized spacial score (nSPS) is 12.0. The van der Waals surface area contributed by atoms with Crippen molar-refractivity contribution in [3.8, 4) is 0 Å². The predicted octanol–water partition coefficient (Wildman–Crippen LogP) is 4.22. The van der Waals surface area contributed by atoms with E-state index in [1.807, 2.05) is 12.1 Å². The zero-order valence-electron chi connectivity index (χ0n) is 13.6. The van der Waals surface area contributed by atoms with E-state index < -0.39 is 11.7 Å². The number of nitrogens with zero attached hydrogens (tertiary/aromatic N) is 1. The van der Waals surface area contributed by atoms with Gasteiger partial charge in [-0.3, -0.25) is 4.79 Å². The van der Waals surface area contributed by atoms with Crippen LogP contribution in [-0.4, -0.2) is 17.4 Å². The van der Waals surface area contributed by atoms with E-state index in [-0.39, 0.29) is 5.91 Å². The van der Waals surface area contributed by atoms with Crippen molar-refractivity contribution in [1.82, 2.24) is 10.3 Å². The fourth-order valence-corrected chi connectivity index (χ4v) is 2.36. The molecule has 0 bridgehead atoms. The predicted molar refractivity (Wildman–Crippen MR) is 91.2 cm³/mol. The van der Waals surface area contributed by atoms with Crippen molar-refractivity contribution in [2.45, 2.75) is 12.6 Å². The van der Waals surface area contributed by atoms with Crippen LogP contribution in [-0.2, 0) is 17.4 Å². The minimum absolute atomic E-state index is 0.308. The SMILES string of the molecule is O=C(/C=C/c1nc2ccccc2o1)NCCc1ccc(C(F)(F)F)cc1. The molecule has 0 saturated heterocycles. The Morgan fingerprint density at radius 1 is 1.12 bits per heavy atom. The van der Waals surface area contributed by atoms with Crippen molar-refractivity contribution in [2.24, 2.45) is 0 Å². The Morgan fingerprint density at radius 2 is 1.85 bits per heavy atom. The van der Waals surface area contributed by atoms with E-state index in [2.05, 4.69) is 10.3 Å². The second kappa shape index (κ2) is 7.43. The largest absolute Gasteiger partial charge is 0.437 e. The maximum Gasteiger partial charge on any atom is 0.416 e. The van der Waals surface area contributed by atoms with Gasteiger partial charge in [0, 0.05) is 18.7 Å². The van der Waals surface area contributed by atoms with Crippen LogP contribution < -0.4 is 5.32 Å². The van der Waals surface area contributed by atoms with Crippen molar-refractivity contribution in [1.29, 1.82) is 0 Å². The highest BCUT2D eigenvalue weighted by Crippen LogP contribution is 2.29. The van der Waals surface area contributed by atoms with Gasteiger partial charge in [0.2, 0.25) is 11.8 Å². The molecule has 2 aromatic carbocycles. The van der Waals surface area contributed by atoms with Crippen molar-refractivity contribution in [3.05, 3.63) is 71.6 Å². The minimum Gasteiger partial charge on any atom is -0.437 e. The van der Waals surface area contributed by atoms with E-state index >= 15 is 0 Å². The molecule has 0 atom stereocenters. The molecule has 1 amide bonds. The van der Waals surface area contributed by atoms with Gasteiger partial charge in [0.05, 0.1) is 5.56 Å².